The van der Waals surface area contributed by atoms with Crippen molar-refractivity contribution in [1.29, 1.82) is 0 Å². The second kappa shape index (κ2) is 8.82. The standard InChI is InChI=1S/C14H22N2O2S/c1-11(2)6-8-19-9-7-18-13-5-3-4-12(10-13)14(17)16-15/h3-5,10-11H,6-9,15H2,1-2H3,(H,16,17). The van der Waals surface area contributed by atoms with Crippen LogP contribution in [0.4, 0.5) is 0 Å². The van der Waals surface area contributed by atoms with E-state index in [9.17, 15) is 4.79 Å². The monoisotopic (exact) mass is 282 g/mol. The topological polar surface area (TPSA) is 64.3 Å². The van der Waals surface area contributed by atoms with E-state index in [-0.39, 0.29) is 5.91 Å². The Morgan fingerprint density at radius 3 is 2.89 bits per heavy atom. The van der Waals surface area contributed by atoms with Gasteiger partial charge in [0.25, 0.3) is 5.91 Å². The first-order valence-corrected chi connectivity index (χ1v) is 7.60. The zero-order valence-corrected chi connectivity index (χ0v) is 12.3. The Hall–Kier alpha value is -1.20. The van der Waals surface area contributed by atoms with Gasteiger partial charge in [0.2, 0.25) is 0 Å². The van der Waals surface area contributed by atoms with Gasteiger partial charge in [-0.25, -0.2) is 5.84 Å². The summed E-state index contributed by atoms with van der Waals surface area (Å²) in [7, 11) is 0. The number of nitrogen functional groups attached to an aromatic ring is 1. The third-order valence-corrected chi connectivity index (χ3v) is 3.54. The molecular formula is C14H22N2O2S. The number of nitrogens with one attached hydrogen (secondary N) is 1. The molecule has 19 heavy (non-hydrogen) atoms. The molecule has 1 amide bonds. The van der Waals surface area contributed by atoms with Crippen molar-refractivity contribution < 1.29 is 9.53 Å². The van der Waals surface area contributed by atoms with Crippen LogP contribution < -0.4 is 16.0 Å². The lowest BCUT2D eigenvalue weighted by molar-refractivity contribution is 0.0953. The summed E-state index contributed by atoms with van der Waals surface area (Å²) in [5, 5.41) is 0. The number of ether oxygens (including phenoxy) is 1. The van der Waals surface area contributed by atoms with Gasteiger partial charge in [-0.3, -0.25) is 10.2 Å². The number of hydrogen-bond donors (Lipinski definition) is 2. The average Bonchev–Trinajstić information content (AvgIpc) is 2.41. The number of carbonyl (C=O) groups excluding carboxylic acids is 1. The van der Waals surface area contributed by atoms with Gasteiger partial charge in [0.05, 0.1) is 6.61 Å². The van der Waals surface area contributed by atoms with E-state index in [1.165, 1.54) is 6.42 Å². The van der Waals surface area contributed by atoms with Gasteiger partial charge >= 0.3 is 0 Å². The minimum Gasteiger partial charge on any atom is -0.493 e. The van der Waals surface area contributed by atoms with Gasteiger partial charge in [-0.2, -0.15) is 11.8 Å². The molecule has 0 saturated heterocycles. The van der Waals surface area contributed by atoms with E-state index < -0.39 is 0 Å². The van der Waals surface area contributed by atoms with E-state index in [2.05, 4.69) is 19.3 Å². The molecule has 106 valence electrons. The molecule has 0 aromatic heterocycles. The molecule has 0 aliphatic heterocycles. The Labute approximate surface area is 119 Å². The van der Waals surface area contributed by atoms with Crippen molar-refractivity contribution in [1.82, 2.24) is 5.43 Å². The molecule has 0 saturated carbocycles. The van der Waals surface area contributed by atoms with Crippen molar-refractivity contribution in [2.24, 2.45) is 11.8 Å². The first-order valence-electron chi connectivity index (χ1n) is 6.45. The van der Waals surface area contributed by atoms with Crippen LogP contribution in [0.15, 0.2) is 24.3 Å². The van der Waals surface area contributed by atoms with Crippen molar-refractivity contribution in [3.8, 4) is 5.75 Å². The van der Waals surface area contributed by atoms with Gasteiger partial charge in [0.1, 0.15) is 5.75 Å². The summed E-state index contributed by atoms with van der Waals surface area (Å²) in [4.78, 5) is 11.3. The number of benzene rings is 1. The van der Waals surface area contributed by atoms with E-state index in [0.29, 0.717) is 17.9 Å². The summed E-state index contributed by atoms with van der Waals surface area (Å²) >= 11 is 1.89. The summed E-state index contributed by atoms with van der Waals surface area (Å²) in [6.07, 6.45) is 1.23. The zero-order chi connectivity index (χ0) is 14.1. The van der Waals surface area contributed by atoms with E-state index in [1.807, 2.05) is 17.8 Å². The number of hydrazine groups is 1. The van der Waals surface area contributed by atoms with Crippen LogP contribution in [0, 0.1) is 5.92 Å². The fourth-order valence-electron chi connectivity index (χ4n) is 1.45. The predicted octanol–water partition coefficient (Wildman–Crippen LogP) is 2.45. The van der Waals surface area contributed by atoms with E-state index in [1.54, 1.807) is 18.2 Å². The molecule has 0 radical (unpaired) electrons. The van der Waals surface area contributed by atoms with E-state index >= 15 is 0 Å². The maximum absolute atomic E-state index is 11.3. The molecule has 1 aromatic rings. The van der Waals surface area contributed by atoms with E-state index in [4.69, 9.17) is 10.6 Å². The van der Waals surface area contributed by atoms with Crippen LogP contribution in [0.1, 0.15) is 30.6 Å². The SMILES string of the molecule is CC(C)CCSCCOc1cccc(C(=O)NN)c1. The van der Waals surface area contributed by atoms with Crippen molar-refractivity contribution in [2.45, 2.75) is 20.3 Å². The number of hydrogen-bond acceptors (Lipinski definition) is 4. The number of amides is 1. The Morgan fingerprint density at radius 1 is 1.42 bits per heavy atom. The molecule has 0 aliphatic carbocycles. The number of nitrogens with two attached hydrogens (primary N) is 1. The van der Waals surface area contributed by atoms with Crippen molar-refractivity contribution in [3.63, 3.8) is 0 Å². The van der Waals surface area contributed by atoms with Crippen LogP contribution in [-0.4, -0.2) is 24.0 Å². The number of rotatable bonds is 8. The molecule has 0 atom stereocenters. The van der Waals surface area contributed by atoms with Gasteiger partial charge in [0, 0.05) is 11.3 Å². The quantitative estimate of drug-likeness (QED) is 0.333. The highest BCUT2D eigenvalue weighted by Crippen LogP contribution is 2.14. The predicted molar refractivity (Wildman–Crippen MR) is 80.4 cm³/mol. The molecular weight excluding hydrogens is 260 g/mol. The van der Waals surface area contributed by atoms with Crippen LogP contribution in [0.25, 0.3) is 0 Å². The third kappa shape index (κ3) is 6.50. The molecule has 0 aliphatic rings. The highest BCUT2D eigenvalue weighted by atomic mass is 32.2. The number of thioether (sulfide) groups is 1. The molecule has 0 spiro atoms. The molecule has 4 nitrogen and oxygen atoms in total. The Morgan fingerprint density at radius 2 is 2.21 bits per heavy atom. The summed E-state index contributed by atoms with van der Waals surface area (Å²) < 4.78 is 5.61. The maximum atomic E-state index is 11.3. The normalized spacial score (nSPS) is 10.5. The minimum atomic E-state index is -0.309. The smallest absolute Gasteiger partial charge is 0.265 e. The fourth-order valence-corrected chi connectivity index (χ4v) is 2.49. The highest BCUT2D eigenvalue weighted by molar-refractivity contribution is 7.99. The second-order valence-electron chi connectivity index (χ2n) is 4.64. The minimum absolute atomic E-state index is 0.309. The molecule has 0 heterocycles. The lowest BCUT2D eigenvalue weighted by atomic mass is 10.2. The number of carbonyl (C=O) groups is 1. The molecule has 0 unspecified atom stereocenters. The van der Waals surface area contributed by atoms with Crippen LogP contribution >= 0.6 is 11.8 Å². The highest BCUT2D eigenvalue weighted by Gasteiger charge is 2.04. The van der Waals surface area contributed by atoms with Gasteiger partial charge in [-0.15, -0.1) is 0 Å². The lowest BCUT2D eigenvalue weighted by Gasteiger charge is -2.08. The lowest BCUT2D eigenvalue weighted by Crippen LogP contribution is -2.29. The largest absolute Gasteiger partial charge is 0.493 e. The molecule has 1 aromatic carbocycles. The van der Waals surface area contributed by atoms with Gasteiger partial charge < -0.3 is 4.74 Å². The summed E-state index contributed by atoms with van der Waals surface area (Å²) in [5.74, 6) is 8.35. The third-order valence-electron chi connectivity index (χ3n) is 2.56. The van der Waals surface area contributed by atoms with Crippen LogP contribution in [0.5, 0.6) is 5.75 Å². The van der Waals surface area contributed by atoms with Crippen molar-refractivity contribution >= 4 is 17.7 Å². The van der Waals surface area contributed by atoms with E-state index in [0.717, 1.165) is 17.4 Å². The average molecular weight is 282 g/mol. The first-order chi connectivity index (χ1) is 9.13. The maximum Gasteiger partial charge on any atom is 0.265 e. The molecule has 5 heteroatoms. The zero-order valence-electron chi connectivity index (χ0n) is 11.5. The van der Waals surface area contributed by atoms with Gasteiger partial charge in [-0.05, 0) is 36.3 Å². The van der Waals surface area contributed by atoms with Crippen LogP contribution in [0.3, 0.4) is 0 Å². The molecule has 1 rings (SSSR count). The molecule has 0 fully saturated rings. The van der Waals surface area contributed by atoms with Gasteiger partial charge in [-0.1, -0.05) is 19.9 Å². The Balaban J connectivity index is 2.27. The Kier molecular flexibility index (Phi) is 7.36. The molecule has 0 bridgehead atoms. The molecule has 3 N–H and O–H groups in total. The summed E-state index contributed by atoms with van der Waals surface area (Å²) in [5.41, 5.74) is 2.61. The van der Waals surface area contributed by atoms with Crippen LogP contribution in [0.2, 0.25) is 0 Å². The van der Waals surface area contributed by atoms with Crippen molar-refractivity contribution in [2.75, 3.05) is 18.1 Å². The summed E-state index contributed by atoms with van der Waals surface area (Å²) in [6.45, 7) is 5.10. The fraction of sp³-hybridized carbons (Fsp3) is 0.500. The first kappa shape index (κ1) is 15.9. The Bertz CT molecular complexity index is 397. The second-order valence-corrected chi connectivity index (χ2v) is 5.87. The van der Waals surface area contributed by atoms with Crippen molar-refractivity contribution in [3.05, 3.63) is 29.8 Å². The van der Waals surface area contributed by atoms with Gasteiger partial charge in [0.15, 0.2) is 0 Å². The van der Waals surface area contributed by atoms with Crippen LogP contribution in [-0.2, 0) is 0 Å². The summed E-state index contributed by atoms with van der Waals surface area (Å²) in [6, 6.07) is 7.02.